The number of hydrogen-bond acceptors (Lipinski definition) is 5. The minimum atomic E-state index is -3.12. The van der Waals surface area contributed by atoms with Crippen LogP contribution in [0, 0.1) is 16.0 Å². The van der Waals surface area contributed by atoms with E-state index in [2.05, 4.69) is 0 Å². The first-order valence-corrected chi connectivity index (χ1v) is 9.27. The lowest BCUT2D eigenvalue weighted by molar-refractivity contribution is -0.384. The Bertz CT molecular complexity index is 714. The first-order chi connectivity index (χ1) is 10.7. The molecule has 1 aromatic carbocycles. The van der Waals surface area contributed by atoms with Gasteiger partial charge in [-0.3, -0.25) is 14.9 Å². The molecule has 1 amide bonds. The molecule has 1 saturated heterocycles. The summed E-state index contributed by atoms with van der Waals surface area (Å²) in [6.45, 7) is 4.30. The molecule has 0 N–H and O–H groups in total. The molecule has 23 heavy (non-hydrogen) atoms. The topological polar surface area (TPSA) is 97.6 Å². The lowest BCUT2D eigenvalue weighted by Crippen LogP contribution is -2.43. The average Bonchev–Trinajstić information content (AvgIpc) is 2.84. The molecule has 7 nitrogen and oxygen atoms in total. The zero-order valence-corrected chi connectivity index (χ0v) is 14.0. The third-order valence-electron chi connectivity index (χ3n) is 3.78. The molecule has 1 aliphatic rings. The van der Waals surface area contributed by atoms with E-state index in [1.54, 1.807) is 4.90 Å². The van der Waals surface area contributed by atoms with E-state index in [-0.39, 0.29) is 40.6 Å². The number of carbonyl (C=O) groups is 1. The smallest absolute Gasteiger partial charge is 0.270 e. The Morgan fingerprint density at radius 2 is 2.13 bits per heavy atom. The Kier molecular flexibility index (Phi) is 5.03. The molecule has 0 saturated carbocycles. The molecular weight excluding hydrogens is 320 g/mol. The van der Waals surface area contributed by atoms with E-state index < -0.39 is 14.8 Å². The number of rotatable bonds is 5. The predicted octanol–water partition coefficient (Wildman–Crippen LogP) is 1.88. The lowest BCUT2D eigenvalue weighted by atomic mass is 10.1. The summed E-state index contributed by atoms with van der Waals surface area (Å²) in [6.07, 6.45) is 0.412. The van der Waals surface area contributed by atoms with Crippen molar-refractivity contribution in [2.75, 3.05) is 18.1 Å². The van der Waals surface area contributed by atoms with Crippen molar-refractivity contribution in [3.63, 3.8) is 0 Å². The highest BCUT2D eigenvalue weighted by Gasteiger charge is 2.35. The van der Waals surface area contributed by atoms with E-state index in [1.807, 2.05) is 13.8 Å². The number of nitro benzene ring substituents is 1. The molecule has 0 spiro atoms. The molecule has 0 unspecified atom stereocenters. The van der Waals surface area contributed by atoms with Crippen LogP contribution in [0.3, 0.4) is 0 Å². The molecule has 0 aromatic heterocycles. The van der Waals surface area contributed by atoms with Crippen molar-refractivity contribution in [2.45, 2.75) is 26.3 Å². The minimum Gasteiger partial charge on any atom is -0.334 e. The SMILES string of the molecule is CC(C)CN(C(=O)c1cccc([N+](=O)[O-])c1)[C@H]1CCS(=O)(=O)C1. The number of carbonyl (C=O) groups excluding carboxylic acids is 1. The van der Waals surface area contributed by atoms with Crippen molar-refractivity contribution in [1.82, 2.24) is 4.90 Å². The summed E-state index contributed by atoms with van der Waals surface area (Å²) in [6, 6.07) is 5.17. The summed E-state index contributed by atoms with van der Waals surface area (Å²) in [5.74, 6) is -0.153. The van der Waals surface area contributed by atoms with Gasteiger partial charge in [0.25, 0.3) is 11.6 Å². The Labute approximate surface area is 135 Å². The third-order valence-corrected chi connectivity index (χ3v) is 5.53. The van der Waals surface area contributed by atoms with E-state index in [0.717, 1.165) is 0 Å². The first kappa shape index (κ1) is 17.4. The predicted molar refractivity (Wildman–Crippen MR) is 86.0 cm³/mol. The molecule has 2 rings (SSSR count). The number of hydrogen-bond donors (Lipinski definition) is 0. The van der Waals surface area contributed by atoms with Crippen LogP contribution in [0.25, 0.3) is 0 Å². The van der Waals surface area contributed by atoms with Gasteiger partial charge in [-0.15, -0.1) is 0 Å². The maximum atomic E-state index is 12.8. The van der Waals surface area contributed by atoms with E-state index in [0.29, 0.717) is 13.0 Å². The molecule has 1 atom stereocenters. The molecule has 1 heterocycles. The summed E-state index contributed by atoms with van der Waals surface area (Å²) in [4.78, 5) is 24.6. The van der Waals surface area contributed by atoms with Crippen LogP contribution in [0.1, 0.15) is 30.6 Å². The minimum absolute atomic E-state index is 0.0413. The fourth-order valence-corrected chi connectivity index (χ4v) is 4.46. The number of nitrogens with zero attached hydrogens (tertiary/aromatic N) is 2. The van der Waals surface area contributed by atoms with Crippen molar-refractivity contribution < 1.29 is 18.1 Å². The Hall–Kier alpha value is -1.96. The molecular formula is C15H20N2O5S. The molecule has 1 aliphatic heterocycles. The molecule has 1 aromatic rings. The van der Waals surface area contributed by atoms with Gasteiger partial charge in [0.1, 0.15) is 0 Å². The third kappa shape index (κ3) is 4.28. The van der Waals surface area contributed by atoms with Gasteiger partial charge >= 0.3 is 0 Å². The first-order valence-electron chi connectivity index (χ1n) is 7.45. The van der Waals surface area contributed by atoms with Gasteiger partial charge in [-0.1, -0.05) is 19.9 Å². The molecule has 0 radical (unpaired) electrons. The van der Waals surface area contributed by atoms with Crippen LogP contribution >= 0.6 is 0 Å². The van der Waals surface area contributed by atoms with E-state index in [4.69, 9.17) is 0 Å². The fraction of sp³-hybridized carbons (Fsp3) is 0.533. The van der Waals surface area contributed by atoms with Gasteiger partial charge in [0.15, 0.2) is 9.84 Å². The average molecular weight is 340 g/mol. The highest BCUT2D eigenvalue weighted by atomic mass is 32.2. The maximum Gasteiger partial charge on any atom is 0.270 e. The molecule has 0 bridgehead atoms. The highest BCUT2D eigenvalue weighted by Crippen LogP contribution is 2.22. The van der Waals surface area contributed by atoms with E-state index in [1.165, 1.54) is 24.3 Å². The highest BCUT2D eigenvalue weighted by molar-refractivity contribution is 7.91. The van der Waals surface area contributed by atoms with Crippen molar-refractivity contribution in [2.24, 2.45) is 5.92 Å². The van der Waals surface area contributed by atoms with Crippen LogP contribution in [-0.4, -0.2) is 48.2 Å². The number of amides is 1. The number of benzene rings is 1. The Balaban J connectivity index is 2.30. The van der Waals surface area contributed by atoms with Crippen molar-refractivity contribution >= 4 is 21.4 Å². The van der Waals surface area contributed by atoms with E-state index in [9.17, 15) is 23.3 Å². The fourth-order valence-electron chi connectivity index (χ4n) is 2.73. The lowest BCUT2D eigenvalue weighted by Gasteiger charge is -2.30. The van der Waals surface area contributed by atoms with Gasteiger partial charge in [0, 0.05) is 30.3 Å². The summed E-state index contributed by atoms with van der Waals surface area (Å²) < 4.78 is 23.4. The second-order valence-corrected chi connectivity index (χ2v) is 8.44. The van der Waals surface area contributed by atoms with Crippen LogP contribution < -0.4 is 0 Å². The Morgan fingerprint density at radius 1 is 1.43 bits per heavy atom. The molecule has 126 valence electrons. The largest absolute Gasteiger partial charge is 0.334 e. The number of non-ortho nitro benzene ring substituents is 1. The van der Waals surface area contributed by atoms with Crippen molar-refractivity contribution in [3.05, 3.63) is 39.9 Å². The summed E-state index contributed by atoms with van der Waals surface area (Å²) >= 11 is 0. The van der Waals surface area contributed by atoms with Crippen molar-refractivity contribution in [3.8, 4) is 0 Å². The van der Waals surface area contributed by atoms with Crippen molar-refractivity contribution in [1.29, 1.82) is 0 Å². The van der Waals surface area contributed by atoms with E-state index >= 15 is 0 Å². The van der Waals surface area contributed by atoms with Gasteiger partial charge in [-0.25, -0.2) is 8.42 Å². The van der Waals surface area contributed by atoms with Gasteiger partial charge in [0.2, 0.25) is 0 Å². The standard InChI is InChI=1S/C15H20N2O5S/c1-11(2)9-16(14-6-7-23(21,22)10-14)15(18)12-4-3-5-13(8-12)17(19)20/h3-5,8,11,14H,6-7,9-10H2,1-2H3/t14-/m0/s1. The monoisotopic (exact) mass is 340 g/mol. The van der Waals surface area contributed by atoms with Crippen LogP contribution in [0.5, 0.6) is 0 Å². The van der Waals surface area contributed by atoms with Crippen LogP contribution in [0.15, 0.2) is 24.3 Å². The summed E-state index contributed by atoms with van der Waals surface area (Å²) in [5.41, 5.74) is 0.0588. The number of nitro groups is 1. The quantitative estimate of drug-likeness (QED) is 0.602. The molecule has 1 fully saturated rings. The maximum absolute atomic E-state index is 12.8. The normalized spacial score (nSPS) is 19.7. The zero-order valence-electron chi connectivity index (χ0n) is 13.1. The molecule has 0 aliphatic carbocycles. The second kappa shape index (κ2) is 6.66. The molecule has 8 heteroatoms. The van der Waals surface area contributed by atoms with Gasteiger partial charge < -0.3 is 4.90 Å². The van der Waals surface area contributed by atoms with Gasteiger partial charge in [-0.2, -0.15) is 0 Å². The summed E-state index contributed by atoms with van der Waals surface area (Å²) in [5, 5.41) is 10.9. The summed E-state index contributed by atoms with van der Waals surface area (Å²) in [7, 11) is -3.12. The van der Waals surface area contributed by atoms with Crippen LogP contribution in [-0.2, 0) is 9.84 Å². The Morgan fingerprint density at radius 3 is 2.65 bits per heavy atom. The number of sulfone groups is 1. The zero-order chi connectivity index (χ0) is 17.2. The van der Waals surface area contributed by atoms with Crippen LogP contribution in [0.4, 0.5) is 5.69 Å². The van der Waals surface area contributed by atoms with Crippen LogP contribution in [0.2, 0.25) is 0 Å². The second-order valence-electron chi connectivity index (χ2n) is 6.22. The van der Waals surface area contributed by atoms with Gasteiger partial charge in [0.05, 0.1) is 16.4 Å². The van der Waals surface area contributed by atoms with Gasteiger partial charge in [-0.05, 0) is 18.4 Å².